The van der Waals surface area contributed by atoms with E-state index in [2.05, 4.69) is 19.2 Å². The molecular formula is C14H24N2O2. The molecule has 1 saturated carbocycles. The quantitative estimate of drug-likeness (QED) is 0.809. The van der Waals surface area contributed by atoms with Crippen LogP contribution in [0.25, 0.3) is 0 Å². The molecule has 2 amide bonds. The number of rotatable bonds is 5. The van der Waals surface area contributed by atoms with Crippen LogP contribution in [0.3, 0.4) is 0 Å². The Morgan fingerprint density at radius 3 is 2.67 bits per heavy atom. The monoisotopic (exact) mass is 252 g/mol. The van der Waals surface area contributed by atoms with E-state index in [0.29, 0.717) is 5.92 Å². The van der Waals surface area contributed by atoms with Gasteiger partial charge in [-0.15, -0.1) is 0 Å². The fourth-order valence-corrected chi connectivity index (χ4v) is 2.86. The van der Waals surface area contributed by atoms with Gasteiger partial charge in [0.25, 0.3) is 0 Å². The Labute approximate surface area is 109 Å². The van der Waals surface area contributed by atoms with Crippen molar-refractivity contribution in [1.29, 1.82) is 0 Å². The molecule has 1 saturated heterocycles. The zero-order valence-electron chi connectivity index (χ0n) is 11.7. The first-order chi connectivity index (χ1) is 8.49. The van der Waals surface area contributed by atoms with Crippen LogP contribution in [0.15, 0.2) is 0 Å². The third-order valence-electron chi connectivity index (χ3n) is 4.32. The predicted molar refractivity (Wildman–Crippen MR) is 70.0 cm³/mol. The van der Waals surface area contributed by atoms with E-state index in [1.165, 1.54) is 0 Å². The zero-order chi connectivity index (χ0) is 13.3. The van der Waals surface area contributed by atoms with E-state index in [4.69, 9.17) is 0 Å². The molecule has 2 unspecified atom stereocenters. The number of hydrogen-bond donors (Lipinski definition) is 1. The number of nitrogens with zero attached hydrogens (tertiary/aromatic N) is 1. The van der Waals surface area contributed by atoms with Crippen LogP contribution in [-0.2, 0) is 9.59 Å². The normalized spacial score (nSPS) is 30.3. The second-order valence-electron chi connectivity index (χ2n) is 5.95. The van der Waals surface area contributed by atoms with Crippen molar-refractivity contribution in [2.24, 2.45) is 5.92 Å². The Balaban J connectivity index is 2.10. The molecule has 0 aromatic rings. The molecule has 2 fully saturated rings. The highest BCUT2D eigenvalue weighted by Gasteiger charge is 2.53. The van der Waals surface area contributed by atoms with Crippen molar-refractivity contribution in [2.45, 2.75) is 64.5 Å². The molecule has 102 valence electrons. The Kier molecular flexibility index (Phi) is 3.64. The van der Waals surface area contributed by atoms with E-state index in [9.17, 15) is 9.59 Å². The van der Waals surface area contributed by atoms with Crippen molar-refractivity contribution < 1.29 is 9.59 Å². The zero-order valence-corrected chi connectivity index (χ0v) is 11.7. The van der Waals surface area contributed by atoms with Gasteiger partial charge >= 0.3 is 0 Å². The van der Waals surface area contributed by atoms with Gasteiger partial charge in [-0.25, -0.2) is 0 Å². The minimum absolute atomic E-state index is 0.00708. The van der Waals surface area contributed by atoms with Crippen LogP contribution in [0.2, 0.25) is 0 Å². The molecule has 2 rings (SSSR count). The maximum Gasteiger partial charge on any atom is 0.249 e. The molecule has 1 aliphatic heterocycles. The molecule has 2 aliphatic rings. The SMILES string of the molecule is CCCCC(C)N1CC(=O)NC(C)(C2CC2)C1=O. The number of nitrogens with one attached hydrogen (secondary N) is 1. The van der Waals surface area contributed by atoms with Crippen LogP contribution in [0, 0.1) is 5.92 Å². The molecule has 18 heavy (non-hydrogen) atoms. The Morgan fingerprint density at radius 2 is 2.11 bits per heavy atom. The number of piperazine rings is 1. The maximum absolute atomic E-state index is 12.6. The van der Waals surface area contributed by atoms with Crippen LogP contribution in [0.5, 0.6) is 0 Å². The highest BCUT2D eigenvalue weighted by molar-refractivity contribution is 5.98. The molecule has 4 heteroatoms. The van der Waals surface area contributed by atoms with Crippen molar-refractivity contribution in [3.05, 3.63) is 0 Å². The highest BCUT2D eigenvalue weighted by Crippen LogP contribution is 2.41. The van der Waals surface area contributed by atoms with E-state index in [-0.39, 0.29) is 24.4 Å². The van der Waals surface area contributed by atoms with Gasteiger partial charge in [0.2, 0.25) is 11.8 Å². The summed E-state index contributed by atoms with van der Waals surface area (Å²) in [5.74, 6) is 0.454. The van der Waals surface area contributed by atoms with Gasteiger partial charge in [-0.3, -0.25) is 9.59 Å². The van der Waals surface area contributed by atoms with Crippen LogP contribution in [0.1, 0.15) is 52.9 Å². The number of amides is 2. The maximum atomic E-state index is 12.6. The van der Waals surface area contributed by atoms with E-state index < -0.39 is 5.54 Å². The van der Waals surface area contributed by atoms with Crippen LogP contribution >= 0.6 is 0 Å². The summed E-state index contributed by atoms with van der Waals surface area (Å²) in [4.78, 5) is 26.2. The molecule has 0 aromatic carbocycles. The van der Waals surface area contributed by atoms with Gasteiger partial charge in [0, 0.05) is 6.04 Å². The van der Waals surface area contributed by atoms with Crippen LogP contribution < -0.4 is 5.32 Å². The van der Waals surface area contributed by atoms with Gasteiger partial charge in [0.05, 0.1) is 6.54 Å². The first kappa shape index (κ1) is 13.4. The molecule has 0 aromatic heterocycles. The summed E-state index contributed by atoms with van der Waals surface area (Å²) in [6.45, 7) is 6.32. The topological polar surface area (TPSA) is 49.4 Å². The molecule has 4 nitrogen and oxygen atoms in total. The smallest absolute Gasteiger partial charge is 0.249 e. The van der Waals surface area contributed by atoms with Gasteiger partial charge in [0.1, 0.15) is 5.54 Å². The molecule has 0 radical (unpaired) electrons. The summed E-state index contributed by atoms with van der Waals surface area (Å²) in [7, 11) is 0. The second kappa shape index (κ2) is 4.90. The summed E-state index contributed by atoms with van der Waals surface area (Å²) in [5, 5.41) is 2.92. The number of carbonyl (C=O) groups is 2. The van der Waals surface area contributed by atoms with Gasteiger partial charge in [0.15, 0.2) is 0 Å². The van der Waals surface area contributed by atoms with Crippen molar-refractivity contribution >= 4 is 11.8 Å². The van der Waals surface area contributed by atoms with E-state index >= 15 is 0 Å². The van der Waals surface area contributed by atoms with Crippen LogP contribution in [-0.4, -0.2) is 34.8 Å². The summed E-state index contributed by atoms with van der Waals surface area (Å²) in [6, 6.07) is 0.168. The van der Waals surface area contributed by atoms with Crippen molar-refractivity contribution in [3.63, 3.8) is 0 Å². The lowest BCUT2D eigenvalue weighted by atomic mass is 9.90. The minimum Gasteiger partial charge on any atom is -0.340 e. The molecule has 0 spiro atoms. The molecule has 2 atom stereocenters. The summed E-state index contributed by atoms with van der Waals surface area (Å²) in [5.41, 5.74) is -0.643. The van der Waals surface area contributed by atoms with Crippen molar-refractivity contribution in [1.82, 2.24) is 10.2 Å². The van der Waals surface area contributed by atoms with Gasteiger partial charge in [-0.05, 0) is 39.0 Å². The average molecular weight is 252 g/mol. The lowest BCUT2D eigenvalue weighted by Gasteiger charge is -2.42. The van der Waals surface area contributed by atoms with E-state index in [1.807, 2.05) is 6.92 Å². The van der Waals surface area contributed by atoms with Crippen molar-refractivity contribution in [2.75, 3.05) is 6.54 Å². The number of hydrogen-bond acceptors (Lipinski definition) is 2. The third kappa shape index (κ3) is 2.38. The van der Waals surface area contributed by atoms with Gasteiger partial charge in [-0.1, -0.05) is 19.8 Å². The van der Waals surface area contributed by atoms with Crippen LogP contribution in [0.4, 0.5) is 0 Å². The van der Waals surface area contributed by atoms with E-state index in [1.54, 1.807) is 4.90 Å². The largest absolute Gasteiger partial charge is 0.340 e. The Morgan fingerprint density at radius 1 is 1.44 bits per heavy atom. The average Bonchev–Trinajstić information content (AvgIpc) is 3.15. The standard InChI is InChI=1S/C14H24N2O2/c1-4-5-6-10(2)16-9-12(17)15-14(3,13(16)18)11-7-8-11/h10-11H,4-9H2,1-3H3,(H,15,17). The lowest BCUT2D eigenvalue weighted by molar-refractivity contribution is -0.152. The first-order valence-corrected chi connectivity index (χ1v) is 7.11. The lowest BCUT2D eigenvalue weighted by Crippen LogP contribution is -2.67. The van der Waals surface area contributed by atoms with Gasteiger partial charge in [-0.2, -0.15) is 0 Å². The summed E-state index contributed by atoms with van der Waals surface area (Å²) < 4.78 is 0. The van der Waals surface area contributed by atoms with E-state index in [0.717, 1.165) is 32.1 Å². The van der Waals surface area contributed by atoms with Crippen molar-refractivity contribution in [3.8, 4) is 0 Å². The summed E-state index contributed by atoms with van der Waals surface area (Å²) >= 11 is 0. The fraction of sp³-hybridized carbons (Fsp3) is 0.857. The molecule has 1 N–H and O–H groups in total. The fourth-order valence-electron chi connectivity index (χ4n) is 2.86. The number of carbonyl (C=O) groups excluding carboxylic acids is 2. The third-order valence-corrected chi connectivity index (χ3v) is 4.32. The number of unbranched alkanes of at least 4 members (excludes halogenated alkanes) is 1. The Hall–Kier alpha value is -1.06. The predicted octanol–water partition coefficient (Wildman–Crippen LogP) is 1.69. The second-order valence-corrected chi connectivity index (χ2v) is 5.95. The molecular weight excluding hydrogens is 228 g/mol. The summed E-state index contributed by atoms with van der Waals surface area (Å²) in [6.07, 6.45) is 5.32. The Bertz CT molecular complexity index is 352. The molecule has 1 heterocycles. The molecule has 0 bridgehead atoms. The first-order valence-electron chi connectivity index (χ1n) is 7.11. The minimum atomic E-state index is -0.643. The van der Waals surface area contributed by atoms with Gasteiger partial charge < -0.3 is 10.2 Å². The highest BCUT2D eigenvalue weighted by atomic mass is 16.2. The molecule has 1 aliphatic carbocycles.